The standard InChI is InChI=1S/C24H26N2O2/c1-5-9-18-15-19-16-22(28-23(19)25-21(18)10-6-2)24(27)26(13-7-3)20-12-8-11-17(4)14-20/h5-6,8-12,14-16H,7,13H2,1-4H3/b9-5-,10-6+. The SMILES string of the molecule is C/C=C\c1cc2cc(C(=O)N(CCC)c3cccc(C)c3)oc2nc1/C=C/C. The van der Waals surface area contributed by atoms with Crippen molar-refractivity contribution in [3.8, 4) is 0 Å². The molecule has 0 saturated carbocycles. The molecule has 144 valence electrons. The Balaban J connectivity index is 2.04. The van der Waals surface area contributed by atoms with E-state index in [1.165, 1.54) is 0 Å². The van der Waals surface area contributed by atoms with E-state index in [1.54, 1.807) is 11.0 Å². The van der Waals surface area contributed by atoms with E-state index in [0.717, 1.165) is 34.3 Å². The normalized spacial score (nSPS) is 11.7. The molecule has 4 heteroatoms. The lowest BCUT2D eigenvalue weighted by Gasteiger charge is -2.21. The number of benzene rings is 1. The predicted octanol–water partition coefficient (Wildman–Crippen LogP) is 6.26. The fourth-order valence-corrected chi connectivity index (χ4v) is 3.21. The number of furan rings is 1. The van der Waals surface area contributed by atoms with Crippen molar-refractivity contribution in [3.05, 3.63) is 71.1 Å². The van der Waals surface area contributed by atoms with Crippen molar-refractivity contribution in [2.24, 2.45) is 0 Å². The Hall–Kier alpha value is -3.14. The Morgan fingerprint density at radius 1 is 1.14 bits per heavy atom. The second-order valence-electron chi connectivity index (χ2n) is 6.76. The van der Waals surface area contributed by atoms with Crippen LogP contribution in [0.5, 0.6) is 0 Å². The molecule has 0 N–H and O–H groups in total. The molecule has 28 heavy (non-hydrogen) atoms. The van der Waals surface area contributed by atoms with Crippen molar-refractivity contribution in [2.75, 3.05) is 11.4 Å². The quantitative estimate of drug-likeness (QED) is 0.511. The molecule has 0 saturated heterocycles. The number of hydrogen-bond acceptors (Lipinski definition) is 3. The van der Waals surface area contributed by atoms with Crippen molar-refractivity contribution >= 4 is 34.8 Å². The zero-order chi connectivity index (χ0) is 20.1. The summed E-state index contributed by atoms with van der Waals surface area (Å²) in [6.07, 6.45) is 8.72. The Morgan fingerprint density at radius 3 is 2.61 bits per heavy atom. The van der Waals surface area contributed by atoms with Crippen LogP contribution in [0.2, 0.25) is 0 Å². The van der Waals surface area contributed by atoms with Crippen molar-refractivity contribution in [1.82, 2.24) is 4.98 Å². The largest absolute Gasteiger partial charge is 0.433 e. The van der Waals surface area contributed by atoms with Crippen molar-refractivity contribution in [3.63, 3.8) is 0 Å². The van der Waals surface area contributed by atoms with Gasteiger partial charge in [-0.15, -0.1) is 0 Å². The Bertz CT molecular complexity index is 995. The highest BCUT2D eigenvalue weighted by Crippen LogP contribution is 2.26. The van der Waals surface area contributed by atoms with Gasteiger partial charge in [0.15, 0.2) is 5.76 Å². The van der Waals surface area contributed by atoms with Gasteiger partial charge >= 0.3 is 0 Å². The maximum atomic E-state index is 13.2. The summed E-state index contributed by atoms with van der Waals surface area (Å²) in [5.74, 6) is 0.159. The van der Waals surface area contributed by atoms with Crippen LogP contribution in [-0.2, 0) is 0 Å². The van der Waals surface area contributed by atoms with Crippen LogP contribution in [0.15, 0.2) is 53.0 Å². The summed E-state index contributed by atoms with van der Waals surface area (Å²) in [5, 5.41) is 0.824. The average molecular weight is 374 g/mol. The fourth-order valence-electron chi connectivity index (χ4n) is 3.21. The molecule has 0 unspecified atom stereocenters. The number of fused-ring (bicyclic) bond motifs is 1. The summed E-state index contributed by atoms with van der Waals surface area (Å²) in [6, 6.07) is 11.8. The minimum Gasteiger partial charge on any atom is -0.433 e. The topological polar surface area (TPSA) is 46.3 Å². The second-order valence-corrected chi connectivity index (χ2v) is 6.76. The molecule has 0 aliphatic heterocycles. The first kappa shape index (κ1) is 19.6. The zero-order valence-electron chi connectivity index (χ0n) is 16.9. The first-order chi connectivity index (χ1) is 13.6. The fraction of sp³-hybridized carbons (Fsp3) is 0.250. The highest BCUT2D eigenvalue weighted by atomic mass is 16.4. The van der Waals surface area contributed by atoms with Crippen LogP contribution in [0, 0.1) is 6.92 Å². The molecule has 0 spiro atoms. The van der Waals surface area contributed by atoms with E-state index >= 15 is 0 Å². The van der Waals surface area contributed by atoms with Gasteiger partial charge in [0.25, 0.3) is 5.91 Å². The van der Waals surface area contributed by atoms with Crippen LogP contribution in [0.1, 0.15) is 54.6 Å². The van der Waals surface area contributed by atoms with Crippen molar-refractivity contribution < 1.29 is 9.21 Å². The summed E-state index contributed by atoms with van der Waals surface area (Å²) >= 11 is 0. The molecule has 1 amide bonds. The monoisotopic (exact) mass is 374 g/mol. The Labute approximate surface area is 166 Å². The maximum Gasteiger partial charge on any atom is 0.294 e. The van der Waals surface area contributed by atoms with Gasteiger partial charge in [0.05, 0.1) is 5.69 Å². The van der Waals surface area contributed by atoms with Gasteiger partial charge in [0.1, 0.15) is 0 Å². The minimum atomic E-state index is -0.148. The molecule has 0 aliphatic rings. The van der Waals surface area contributed by atoms with E-state index in [0.29, 0.717) is 18.0 Å². The number of carbonyl (C=O) groups is 1. The van der Waals surface area contributed by atoms with Crippen molar-refractivity contribution in [2.45, 2.75) is 34.1 Å². The van der Waals surface area contributed by atoms with E-state index in [-0.39, 0.29) is 5.91 Å². The molecular weight excluding hydrogens is 348 g/mol. The van der Waals surface area contributed by atoms with Gasteiger partial charge in [-0.2, -0.15) is 0 Å². The summed E-state index contributed by atoms with van der Waals surface area (Å²) in [5.41, 5.74) is 4.29. The first-order valence-electron chi connectivity index (χ1n) is 9.65. The van der Waals surface area contributed by atoms with Crippen LogP contribution in [0.4, 0.5) is 5.69 Å². The summed E-state index contributed by atoms with van der Waals surface area (Å²) in [7, 11) is 0. The molecule has 3 rings (SSSR count). The van der Waals surface area contributed by atoms with E-state index < -0.39 is 0 Å². The number of hydrogen-bond donors (Lipinski definition) is 0. The Kier molecular flexibility index (Phi) is 6.09. The molecule has 0 radical (unpaired) electrons. The van der Waals surface area contributed by atoms with Gasteiger partial charge in [0, 0.05) is 23.2 Å². The smallest absolute Gasteiger partial charge is 0.294 e. The lowest BCUT2D eigenvalue weighted by atomic mass is 10.1. The minimum absolute atomic E-state index is 0.148. The maximum absolute atomic E-state index is 13.2. The van der Waals surface area contributed by atoms with Gasteiger partial charge < -0.3 is 9.32 Å². The van der Waals surface area contributed by atoms with E-state index in [9.17, 15) is 4.79 Å². The second kappa shape index (κ2) is 8.70. The van der Waals surface area contributed by atoms with E-state index in [2.05, 4.69) is 11.9 Å². The predicted molar refractivity (Wildman–Crippen MR) is 117 cm³/mol. The highest BCUT2D eigenvalue weighted by molar-refractivity contribution is 6.06. The van der Waals surface area contributed by atoms with Crippen molar-refractivity contribution in [1.29, 1.82) is 0 Å². The number of pyridine rings is 1. The number of allylic oxidation sites excluding steroid dienone is 2. The van der Waals surface area contributed by atoms with Gasteiger partial charge in [0.2, 0.25) is 5.71 Å². The molecule has 1 aromatic carbocycles. The van der Waals surface area contributed by atoms with Gasteiger partial charge in [-0.3, -0.25) is 4.79 Å². The lowest BCUT2D eigenvalue weighted by molar-refractivity contribution is 0.0962. The third-order valence-electron chi connectivity index (χ3n) is 4.46. The molecule has 0 bridgehead atoms. The number of anilines is 1. The number of rotatable bonds is 6. The molecule has 0 atom stereocenters. The average Bonchev–Trinajstić information content (AvgIpc) is 3.09. The third-order valence-corrected chi connectivity index (χ3v) is 4.46. The number of nitrogens with zero attached hydrogens (tertiary/aromatic N) is 2. The number of carbonyl (C=O) groups excluding carboxylic acids is 1. The molecule has 0 fully saturated rings. The Morgan fingerprint density at radius 2 is 1.93 bits per heavy atom. The first-order valence-corrected chi connectivity index (χ1v) is 9.65. The number of amides is 1. The molecule has 0 aliphatic carbocycles. The molecular formula is C24H26N2O2. The molecule has 2 heterocycles. The molecule has 3 aromatic rings. The number of aromatic nitrogens is 1. The van der Waals surface area contributed by atoms with Gasteiger partial charge in [-0.1, -0.05) is 37.3 Å². The van der Waals surface area contributed by atoms with Gasteiger partial charge in [-0.25, -0.2) is 4.98 Å². The highest BCUT2D eigenvalue weighted by Gasteiger charge is 2.22. The zero-order valence-corrected chi connectivity index (χ0v) is 16.9. The lowest BCUT2D eigenvalue weighted by Crippen LogP contribution is -2.31. The van der Waals surface area contributed by atoms with E-state index in [1.807, 2.05) is 75.4 Å². The summed E-state index contributed by atoms with van der Waals surface area (Å²) < 4.78 is 5.87. The van der Waals surface area contributed by atoms with Crippen LogP contribution < -0.4 is 4.90 Å². The van der Waals surface area contributed by atoms with Crippen LogP contribution in [0.25, 0.3) is 23.3 Å². The summed E-state index contributed by atoms with van der Waals surface area (Å²) in [4.78, 5) is 19.6. The van der Waals surface area contributed by atoms with Crippen LogP contribution in [0.3, 0.4) is 0 Å². The van der Waals surface area contributed by atoms with Crippen LogP contribution >= 0.6 is 0 Å². The molecule has 2 aromatic heterocycles. The van der Waals surface area contributed by atoms with Crippen LogP contribution in [-0.4, -0.2) is 17.4 Å². The number of aryl methyl sites for hydroxylation is 1. The summed E-state index contributed by atoms with van der Waals surface area (Å²) in [6.45, 7) is 8.63. The van der Waals surface area contributed by atoms with E-state index in [4.69, 9.17) is 4.42 Å². The molecule has 4 nitrogen and oxygen atoms in total. The third kappa shape index (κ3) is 4.06. The van der Waals surface area contributed by atoms with Gasteiger partial charge in [-0.05, 0) is 63.1 Å².